The van der Waals surface area contributed by atoms with Crippen LogP contribution in [0.2, 0.25) is 0 Å². The van der Waals surface area contributed by atoms with Gasteiger partial charge in [-0.25, -0.2) is 4.98 Å². The molecule has 0 unspecified atom stereocenters. The van der Waals surface area contributed by atoms with Gasteiger partial charge in [0.15, 0.2) is 0 Å². The number of benzene rings is 3. The molecule has 0 saturated heterocycles. The van der Waals surface area contributed by atoms with Gasteiger partial charge in [-0.05, 0) is 24.3 Å². The number of nitrogens with one attached hydrogen (secondary N) is 1. The Hall–Kier alpha value is -3.07. The minimum atomic E-state index is 0.511. The van der Waals surface area contributed by atoms with E-state index in [-0.39, 0.29) is 0 Å². The predicted molar refractivity (Wildman–Crippen MR) is 92.3 cm³/mol. The second kappa shape index (κ2) is 5.97. The standard InChI is InChI=1S/C20H16N2O/c1-2-9-16(10-3-1)23-14-15-8-4-5-11-17(15)20-21-18-12-6-7-13-19(18)22-20/h1-13H,14H2,(H,21,22). The predicted octanol–water partition coefficient (Wildman–Crippen LogP) is 4.81. The van der Waals surface area contributed by atoms with Gasteiger partial charge in [-0.3, -0.25) is 0 Å². The molecular formula is C20H16N2O. The van der Waals surface area contributed by atoms with E-state index in [9.17, 15) is 0 Å². The molecule has 112 valence electrons. The van der Waals surface area contributed by atoms with Crippen LogP contribution in [0.5, 0.6) is 5.75 Å². The summed E-state index contributed by atoms with van der Waals surface area (Å²) in [4.78, 5) is 8.07. The molecule has 0 bridgehead atoms. The third-order valence-corrected chi connectivity index (χ3v) is 3.80. The lowest BCUT2D eigenvalue weighted by atomic mass is 10.1. The average Bonchev–Trinajstić information content (AvgIpc) is 3.05. The molecule has 3 nitrogen and oxygen atoms in total. The highest BCUT2D eigenvalue weighted by Crippen LogP contribution is 2.25. The van der Waals surface area contributed by atoms with E-state index in [2.05, 4.69) is 22.1 Å². The highest BCUT2D eigenvalue weighted by molar-refractivity contribution is 5.79. The lowest BCUT2D eigenvalue weighted by Gasteiger charge is -2.09. The highest BCUT2D eigenvalue weighted by atomic mass is 16.5. The van der Waals surface area contributed by atoms with Gasteiger partial charge >= 0.3 is 0 Å². The normalized spacial score (nSPS) is 10.8. The van der Waals surface area contributed by atoms with Crippen LogP contribution in [-0.4, -0.2) is 9.97 Å². The summed E-state index contributed by atoms with van der Waals surface area (Å²) >= 11 is 0. The van der Waals surface area contributed by atoms with Gasteiger partial charge in [0.25, 0.3) is 0 Å². The van der Waals surface area contributed by atoms with Crippen molar-refractivity contribution in [3.8, 4) is 17.1 Å². The van der Waals surface area contributed by atoms with Gasteiger partial charge in [0.1, 0.15) is 18.2 Å². The second-order valence-electron chi connectivity index (χ2n) is 5.36. The summed E-state index contributed by atoms with van der Waals surface area (Å²) in [5.41, 5.74) is 4.19. The Morgan fingerprint density at radius 2 is 1.52 bits per heavy atom. The van der Waals surface area contributed by atoms with Crippen LogP contribution in [0.3, 0.4) is 0 Å². The van der Waals surface area contributed by atoms with Gasteiger partial charge < -0.3 is 9.72 Å². The van der Waals surface area contributed by atoms with Gasteiger partial charge in [-0.2, -0.15) is 0 Å². The number of ether oxygens (including phenoxy) is 1. The summed E-state index contributed by atoms with van der Waals surface area (Å²) in [6.07, 6.45) is 0. The lowest BCUT2D eigenvalue weighted by Crippen LogP contribution is -1.98. The first-order chi connectivity index (χ1) is 11.4. The molecule has 0 aliphatic carbocycles. The number of hydrogen-bond acceptors (Lipinski definition) is 2. The van der Waals surface area contributed by atoms with E-state index in [1.54, 1.807) is 0 Å². The van der Waals surface area contributed by atoms with Crippen molar-refractivity contribution < 1.29 is 4.74 Å². The minimum Gasteiger partial charge on any atom is -0.489 e. The summed E-state index contributed by atoms with van der Waals surface area (Å²) in [6, 6.07) is 26.1. The Labute approximate surface area is 134 Å². The molecule has 0 aliphatic heterocycles. The molecular weight excluding hydrogens is 284 g/mol. The van der Waals surface area contributed by atoms with Crippen LogP contribution in [0.25, 0.3) is 22.4 Å². The molecule has 23 heavy (non-hydrogen) atoms. The fourth-order valence-corrected chi connectivity index (χ4v) is 2.64. The molecule has 0 saturated carbocycles. The van der Waals surface area contributed by atoms with E-state index in [1.165, 1.54) is 0 Å². The molecule has 0 aliphatic rings. The highest BCUT2D eigenvalue weighted by Gasteiger charge is 2.09. The summed E-state index contributed by atoms with van der Waals surface area (Å²) < 4.78 is 5.89. The quantitative estimate of drug-likeness (QED) is 0.587. The fourth-order valence-electron chi connectivity index (χ4n) is 2.64. The molecule has 4 aromatic rings. The Kier molecular flexibility index (Phi) is 3.53. The maximum Gasteiger partial charge on any atom is 0.138 e. The van der Waals surface area contributed by atoms with E-state index in [4.69, 9.17) is 4.74 Å². The molecule has 3 heteroatoms. The zero-order valence-electron chi connectivity index (χ0n) is 12.6. The maximum absolute atomic E-state index is 5.89. The number of H-pyrrole nitrogens is 1. The molecule has 0 fully saturated rings. The number of aromatic amines is 1. The topological polar surface area (TPSA) is 37.9 Å². The van der Waals surface area contributed by atoms with Crippen molar-refractivity contribution in [1.29, 1.82) is 0 Å². The first kappa shape index (κ1) is 13.6. The van der Waals surface area contributed by atoms with Gasteiger partial charge in [0, 0.05) is 11.1 Å². The van der Waals surface area contributed by atoms with E-state index in [0.29, 0.717) is 6.61 Å². The van der Waals surface area contributed by atoms with Gasteiger partial charge in [-0.15, -0.1) is 0 Å². The van der Waals surface area contributed by atoms with Crippen molar-refractivity contribution in [2.45, 2.75) is 6.61 Å². The number of imidazole rings is 1. The van der Waals surface area contributed by atoms with Crippen molar-refractivity contribution in [1.82, 2.24) is 9.97 Å². The number of rotatable bonds is 4. The first-order valence-corrected chi connectivity index (χ1v) is 7.61. The molecule has 4 rings (SSSR count). The van der Waals surface area contributed by atoms with E-state index in [1.807, 2.05) is 66.7 Å². The van der Waals surface area contributed by atoms with E-state index >= 15 is 0 Å². The van der Waals surface area contributed by atoms with Crippen molar-refractivity contribution in [2.75, 3.05) is 0 Å². The zero-order chi connectivity index (χ0) is 15.5. The van der Waals surface area contributed by atoms with Crippen LogP contribution in [0.4, 0.5) is 0 Å². The van der Waals surface area contributed by atoms with Crippen LogP contribution in [-0.2, 0) is 6.61 Å². The smallest absolute Gasteiger partial charge is 0.138 e. The van der Waals surface area contributed by atoms with Gasteiger partial charge in [-0.1, -0.05) is 54.6 Å². The van der Waals surface area contributed by atoms with E-state index < -0.39 is 0 Å². The Morgan fingerprint density at radius 3 is 2.39 bits per heavy atom. The molecule has 0 amide bonds. The number of aromatic nitrogens is 2. The Morgan fingerprint density at radius 1 is 0.783 bits per heavy atom. The third kappa shape index (κ3) is 2.81. The Balaban J connectivity index is 1.66. The molecule has 1 heterocycles. The van der Waals surface area contributed by atoms with Crippen LogP contribution in [0.15, 0.2) is 78.9 Å². The number of nitrogens with zero attached hydrogens (tertiary/aromatic N) is 1. The third-order valence-electron chi connectivity index (χ3n) is 3.80. The minimum absolute atomic E-state index is 0.511. The maximum atomic E-state index is 5.89. The summed E-state index contributed by atoms with van der Waals surface area (Å²) in [7, 11) is 0. The Bertz CT molecular complexity index is 895. The number of para-hydroxylation sites is 3. The van der Waals surface area contributed by atoms with Crippen LogP contribution >= 0.6 is 0 Å². The summed E-state index contributed by atoms with van der Waals surface area (Å²) in [6.45, 7) is 0.511. The second-order valence-corrected chi connectivity index (χ2v) is 5.36. The molecule has 0 atom stereocenters. The monoisotopic (exact) mass is 300 g/mol. The van der Waals surface area contributed by atoms with Crippen molar-refractivity contribution >= 4 is 11.0 Å². The molecule has 1 N–H and O–H groups in total. The SMILES string of the molecule is c1ccc(OCc2ccccc2-c2nc3ccccc3[nH]2)cc1. The van der Waals surface area contributed by atoms with Gasteiger partial charge in [0.05, 0.1) is 11.0 Å². The summed E-state index contributed by atoms with van der Waals surface area (Å²) in [5.74, 6) is 1.74. The zero-order valence-corrected chi connectivity index (χ0v) is 12.6. The van der Waals surface area contributed by atoms with Gasteiger partial charge in [0.2, 0.25) is 0 Å². The first-order valence-electron chi connectivity index (χ1n) is 7.61. The van der Waals surface area contributed by atoms with Crippen molar-refractivity contribution in [3.05, 3.63) is 84.4 Å². The van der Waals surface area contributed by atoms with Crippen molar-refractivity contribution in [3.63, 3.8) is 0 Å². The largest absolute Gasteiger partial charge is 0.489 e. The molecule has 1 aromatic heterocycles. The number of hydrogen-bond donors (Lipinski definition) is 1. The molecule has 0 radical (unpaired) electrons. The fraction of sp³-hybridized carbons (Fsp3) is 0.0500. The number of fused-ring (bicyclic) bond motifs is 1. The summed E-state index contributed by atoms with van der Waals surface area (Å²) in [5, 5.41) is 0. The van der Waals surface area contributed by atoms with Crippen LogP contribution < -0.4 is 4.74 Å². The average molecular weight is 300 g/mol. The molecule has 3 aromatic carbocycles. The molecule has 0 spiro atoms. The lowest BCUT2D eigenvalue weighted by molar-refractivity contribution is 0.306. The van der Waals surface area contributed by atoms with Crippen LogP contribution in [0, 0.1) is 0 Å². The van der Waals surface area contributed by atoms with E-state index in [0.717, 1.165) is 33.7 Å². The van der Waals surface area contributed by atoms with Crippen LogP contribution in [0.1, 0.15) is 5.56 Å². The van der Waals surface area contributed by atoms with Crippen molar-refractivity contribution in [2.24, 2.45) is 0 Å².